The van der Waals surface area contributed by atoms with Crippen LogP contribution in [-0.4, -0.2) is 21.2 Å². The fourth-order valence-electron chi connectivity index (χ4n) is 2.89. The summed E-state index contributed by atoms with van der Waals surface area (Å²) < 4.78 is 44.0. The lowest BCUT2D eigenvalue weighted by molar-refractivity contribution is -0.141. The zero-order chi connectivity index (χ0) is 18.0. The number of alkyl halides is 3. The van der Waals surface area contributed by atoms with Gasteiger partial charge in [0.25, 0.3) is 0 Å². The second-order valence-electron chi connectivity index (χ2n) is 6.17. The van der Waals surface area contributed by atoms with Crippen LogP contribution in [0, 0.1) is 0 Å². The van der Waals surface area contributed by atoms with E-state index in [1.54, 1.807) is 6.07 Å². The first-order chi connectivity index (χ1) is 11.2. The summed E-state index contributed by atoms with van der Waals surface area (Å²) in [6, 6.07) is 14.4. The molecule has 2 rings (SSSR count). The minimum absolute atomic E-state index is 0.345. The molecule has 0 N–H and O–H groups in total. The molecule has 0 aromatic heterocycles. The number of carbonyl (C=O) groups excluding carboxylic acids is 1. The molecule has 0 aliphatic rings. The van der Waals surface area contributed by atoms with Crippen LogP contribution in [-0.2, 0) is 15.7 Å². The highest BCUT2D eigenvalue weighted by atomic mass is 28.3. The van der Waals surface area contributed by atoms with E-state index in [1.165, 1.54) is 13.2 Å². The van der Waals surface area contributed by atoms with E-state index in [4.69, 9.17) is 4.74 Å². The fourth-order valence-corrected chi connectivity index (χ4v) is 6.00. The van der Waals surface area contributed by atoms with E-state index in [0.717, 1.165) is 17.3 Å². The minimum Gasteiger partial charge on any atom is -0.469 e. The molecule has 24 heavy (non-hydrogen) atoms. The summed E-state index contributed by atoms with van der Waals surface area (Å²) in [7, 11) is -1.20. The van der Waals surface area contributed by atoms with Crippen LogP contribution in [0.15, 0.2) is 54.6 Å². The topological polar surface area (TPSA) is 26.3 Å². The number of rotatable bonds is 4. The second-order valence-corrected chi connectivity index (χ2v) is 10.8. The van der Waals surface area contributed by atoms with Crippen LogP contribution in [0.4, 0.5) is 13.2 Å². The summed E-state index contributed by atoms with van der Waals surface area (Å²) in [6.45, 7) is 3.92. The van der Waals surface area contributed by atoms with Crippen LogP contribution in [0.5, 0.6) is 0 Å². The van der Waals surface area contributed by atoms with Crippen molar-refractivity contribution in [3.8, 4) is 0 Å². The lowest BCUT2D eigenvalue weighted by Gasteiger charge is -2.31. The number of ether oxygens (including phenoxy) is 1. The molecule has 0 fully saturated rings. The standard InChI is InChI=1S/C18H19F3O2Si/c1-23-17(22)16(24(2,3)15-10-5-4-6-11-15)13-8-7-9-14(12-13)18(19,20)21/h4-12,16H,1-3H3/t16-/m0/s1. The van der Waals surface area contributed by atoms with Gasteiger partial charge in [-0.15, -0.1) is 0 Å². The van der Waals surface area contributed by atoms with Crippen molar-refractivity contribution in [3.05, 3.63) is 65.7 Å². The quantitative estimate of drug-likeness (QED) is 0.611. The van der Waals surface area contributed by atoms with Crippen molar-refractivity contribution in [3.63, 3.8) is 0 Å². The van der Waals surface area contributed by atoms with Gasteiger partial charge in [0.15, 0.2) is 0 Å². The second kappa shape index (κ2) is 6.81. The molecule has 2 aromatic rings. The zero-order valence-electron chi connectivity index (χ0n) is 13.7. The first-order valence-corrected chi connectivity index (χ1v) is 10.6. The molecule has 0 bridgehead atoms. The van der Waals surface area contributed by atoms with E-state index in [1.807, 2.05) is 43.4 Å². The molecule has 0 aliphatic carbocycles. The Labute approximate surface area is 140 Å². The average Bonchev–Trinajstić information content (AvgIpc) is 2.55. The van der Waals surface area contributed by atoms with Gasteiger partial charge in [-0.25, -0.2) is 0 Å². The largest absolute Gasteiger partial charge is 0.469 e. The summed E-state index contributed by atoms with van der Waals surface area (Å²) in [5, 5.41) is 0.984. The van der Waals surface area contributed by atoms with Gasteiger partial charge in [0.2, 0.25) is 0 Å². The lowest BCUT2D eigenvalue weighted by atomic mass is 10.1. The molecule has 2 aromatic carbocycles. The molecule has 0 heterocycles. The highest BCUT2D eigenvalue weighted by molar-refractivity contribution is 6.93. The van der Waals surface area contributed by atoms with E-state index in [-0.39, 0.29) is 0 Å². The van der Waals surface area contributed by atoms with Crippen molar-refractivity contribution in [2.24, 2.45) is 0 Å². The maximum Gasteiger partial charge on any atom is 0.416 e. The molecule has 0 spiro atoms. The molecule has 128 valence electrons. The predicted molar refractivity (Wildman–Crippen MR) is 89.8 cm³/mol. The van der Waals surface area contributed by atoms with Gasteiger partial charge in [-0.3, -0.25) is 4.79 Å². The van der Waals surface area contributed by atoms with Crippen molar-refractivity contribution in [1.82, 2.24) is 0 Å². The highest BCUT2D eigenvalue weighted by Crippen LogP contribution is 2.34. The van der Waals surface area contributed by atoms with Crippen molar-refractivity contribution < 1.29 is 22.7 Å². The molecule has 0 amide bonds. The Balaban J connectivity index is 2.57. The van der Waals surface area contributed by atoms with Crippen molar-refractivity contribution in [1.29, 1.82) is 0 Å². The number of hydrogen-bond acceptors (Lipinski definition) is 2. The minimum atomic E-state index is -4.45. The lowest BCUT2D eigenvalue weighted by Crippen LogP contribution is -2.51. The van der Waals surface area contributed by atoms with Crippen LogP contribution < -0.4 is 5.19 Å². The van der Waals surface area contributed by atoms with Gasteiger partial charge in [-0.1, -0.05) is 66.8 Å². The van der Waals surface area contributed by atoms with Crippen molar-refractivity contribution >= 4 is 19.2 Å². The molecule has 0 radical (unpaired) electrons. The van der Waals surface area contributed by atoms with Gasteiger partial charge in [0.1, 0.15) is 8.07 Å². The van der Waals surface area contributed by atoms with Gasteiger partial charge < -0.3 is 4.74 Å². The maximum absolute atomic E-state index is 13.0. The number of esters is 1. The van der Waals surface area contributed by atoms with Gasteiger partial charge in [-0.05, 0) is 11.6 Å². The summed E-state index contributed by atoms with van der Waals surface area (Å²) in [5.74, 6) is -0.505. The number of benzene rings is 2. The van der Waals surface area contributed by atoms with Crippen LogP contribution in [0.3, 0.4) is 0 Å². The van der Waals surface area contributed by atoms with Gasteiger partial charge in [0, 0.05) is 0 Å². The number of hydrogen-bond donors (Lipinski definition) is 0. The average molecular weight is 352 g/mol. The molecular formula is C18H19F3O2Si. The Morgan fingerprint density at radius 3 is 2.21 bits per heavy atom. The third-order valence-corrected chi connectivity index (χ3v) is 8.06. The Kier molecular flexibility index (Phi) is 5.18. The van der Waals surface area contributed by atoms with E-state index >= 15 is 0 Å². The summed E-state index contributed by atoms with van der Waals surface area (Å²) in [5.41, 5.74) is -1.13. The molecule has 2 nitrogen and oxygen atoms in total. The van der Waals surface area contributed by atoms with Crippen LogP contribution >= 0.6 is 0 Å². The summed E-state index contributed by atoms with van der Waals surface area (Å²) in [4.78, 5) is 12.4. The fraction of sp³-hybridized carbons (Fsp3) is 0.278. The Bertz CT molecular complexity index is 712. The number of carbonyl (C=O) groups is 1. The third-order valence-electron chi connectivity index (χ3n) is 4.22. The molecule has 1 atom stereocenters. The molecule has 0 aliphatic heterocycles. The summed E-state index contributed by atoms with van der Waals surface area (Å²) >= 11 is 0. The smallest absolute Gasteiger partial charge is 0.416 e. The third kappa shape index (κ3) is 3.70. The molecule has 6 heteroatoms. The first kappa shape index (κ1) is 18.3. The predicted octanol–water partition coefficient (Wildman–Crippen LogP) is 4.12. The van der Waals surface area contributed by atoms with Gasteiger partial charge >= 0.3 is 12.1 Å². The van der Waals surface area contributed by atoms with Crippen molar-refractivity contribution in [2.75, 3.05) is 7.11 Å². The van der Waals surface area contributed by atoms with Crippen LogP contribution in [0.25, 0.3) is 0 Å². The number of halogens is 3. The monoisotopic (exact) mass is 352 g/mol. The Morgan fingerprint density at radius 2 is 1.67 bits per heavy atom. The molecular weight excluding hydrogens is 333 g/mol. The van der Waals surface area contributed by atoms with Crippen molar-refractivity contribution in [2.45, 2.75) is 24.8 Å². The normalized spacial score (nSPS) is 13.4. The van der Waals surface area contributed by atoms with Gasteiger partial charge in [-0.2, -0.15) is 13.2 Å². The Morgan fingerprint density at radius 1 is 1.04 bits per heavy atom. The van der Waals surface area contributed by atoms with E-state index in [9.17, 15) is 18.0 Å². The SMILES string of the molecule is COC(=O)[C@H](c1cccc(C(F)(F)F)c1)[Si](C)(C)c1ccccc1. The molecule has 0 saturated carbocycles. The highest BCUT2D eigenvalue weighted by Gasteiger charge is 2.41. The Hall–Kier alpha value is -2.08. The zero-order valence-corrected chi connectivity index (χ0v) is 14.7. The molecule has 0 saturated heterocycles. The van der Waals surface area contributed by atoms with E-state index in [0.29, 0.717) is 5.56 Å². The van der Waals surface area contributed by atoms with Gasteiger partial charge in [0.05, 0.1) is 18.2 Å². The van der Waals surface area contributed by atoms with Crippen LogP contribution in [0.1, 0.15) is 16.7 Å². The maximum atomic E-state index is 13.0. The van der Waals surface area contributed by atoms with Crippen LogP contribution in [0.2, 0.25) is 13.1 Å². The van der Waals surface area contributed by atoms with E-state index in [2.05, 4.69) is 0 Å². The first-order valence-electron chi connectivity index (χ1n) is 7.48. The molecule has 0 unspecified atom stereocenters. The van der Waals surface area contributed by atoms with E-state index < -0.39 is 31.3 Å². The summed E-state index contributed by atoms with van der Waals surface area (Å²) in [6.07, 6.45) is -4.45. The number of methoxy groups -OCH3 is 1.